The second-order valence-corrected chi connectivity index (χ2v) is 6.43. The molecular formula is C20H23N. The van der Waals surface area contributed by atoms with E-state index in [9.17, 15) is 0 Å². The number of aryl methyl sites for hydroxylation is 2. The third-order valence-corrected chi connectivity index (χ3v) is 4.20. The SMILES string of the molecule is Cc1cc(C)cc(C2=NCCc3ccc(C(C)C)cc32)c1. The van der Waals surface area contributed by atoms with Crippen molar-refractivity contribution >= 4 is 5.71 Å². The molecule has 0 aromatic heterocycles. The monoisotopic (exact) mass is 277 g/mol. The third kappa shape index (κ3) is 2.78. The summed E-state index contributed by atoms with van der Waals surface area (Å²) in [5, 5.41) is 0. The van der Waals surface area contributed by atoms with Gasteiger partial charge in [0.1, 0.15) is 0 Å². The number of nitrogens with zero attached hydrogens (tertiary/aromatic N) is 1. The molecule has 1 heteroatoms. The Balaban J connectivity index is 2.13. The van der Waals surface area contributed by atoms with Crippen LogP contribution in [0.3, 0.4) is 0 Å². The molecule has 1 heterocycles. The molecule has 0 fully saturated rings. The molecule has 3 rings (SSSR count). The van der Waals surface area contributed by atoms with Crippen molar-refractivity contribution in [2.75, 3.05) is 6.54 Å². The smallest absolute Gasteiger partial charge is 0.0722 e. The molecule has 0 spiro atoms. The van der Waals surface area contributed by atoms with Crippen LogP contribution >= 0.6 is 0 Å². The van der Waals surface area contributed by atoms with Gasteiger partial charge >= 0.3 is 0 Å². The summed E-state index contributed by atoms with van der Waals surface area (Å²) in [6.07, 6.45) is 1.06. The highest BCUT2D eigenvalue weighted by Crippen LogP contribution is 2.26. The van der Waals surface area contributed by atoms with E-state index in [0.29, 0.717) is 5.92 Å². The summed E-state index contributed by atoms with van der Waals surface area (Å²) in [6.45, 7) is 9.71. The van der Waals surface area contributed by atoms with Crippen molar-refractivity contribution in [3.05, 3.63) is 69.8 Å². The van der Waals surface area contributed by atoms with Crippen molar-refractivity contribution in [3.63, 3.8) is 0 Å². The molecule has 0 atom stereocenters. The summed E-state index contributed by atoms with van der Waals surface area (Å²) >= 11 is 0. The van der Waals surface area contributed by atoms with E-state index in [-0.39, 0.29) is 0 Å². The first kappa shape index (κ1) is 14.1. The van der Waals surface area contributed by atoms with Gasteiger partial charge in [0.15, 0.2) is 0 Å². The van der Waals surface area contributed by atoms with Crippen LogP contribution in [0.15, 0.2) is 41.4 Å². The fourth-order valence-electron chi connectivity index (χ4n) is 3.12. The van der Waals surface area contributed by atoms with E-state index in [1.54, 1.807) is 0 Å². The molecule has 0 saturated heterocycles. The maximum atomic E-state index is 4.84. The Morgan fingerprint density at radius 3 is 2.33 bits per heavy atom. The Kier molecular flexibility index (Phi) is 3.67. The Labute approximate surface area is 127 Å². The average molecular weight is 277 g/mol. The molecule has 0 aliphatic carbocycles. The van der Waals surface area contributed by atoms with Crippen LogP contribution in [0.2, 0.25) is 0 Å². The fraction of sp³-hybridized carbons (Fsp3) is 0.350. The van der Waals surface area contributed by atoms with Crippen molar-refractivity contribution in [1.29, 1.82) is 0 Å². The maximum absolute atomic E-state index is 4.84. The molecule has 21 heavy (non-hydrogen) atoms. The summed E-state index contributed by atoms with van der Waals surface area (Å²) in [7, 11) is 0. The van der Waals surface area contributed by atoms with E-state index in [1.807, 2.05) is 0 Å². The molecule has 0 unspecified atom stereocenters. The van der Waals surface area contributed by atoms with Crippen LogP contribution in [0.4, 0.5) is 0 Å². The molecule has 0 saturated carbocycles. The van der Waals surface area contributed by atoms with E-state index in [4.69, 9.17) is 4.99 Å². The van der Waals surface area contributed by atoms with Crippen LogP contribution in [-0.4, -0.2) is 12.3 Å². The van der Waals surface area contributed by atoms with Gasteiger partial charge in [-0.05, 0) is 55.5 Å². The van der Waals surface area contributed by atoms with E-state index in [2.05, 4.69) is 64.1 Å². The largest absolute Gasteiger partial charge is 0.284 e. The highest BCUT2D eigenvalue weighted by Gasteiger charge is 2.17. The first-order valence-corrected chi connectivity index (χ1v) is 7.81. The predicted molar refractivity (Wildman–Crippen MR) is 90.7 cm³/mol. The minimum atomic E-state index is 0.553. The average Bonchev–Trinajstić information content (AvgIpc) is 2.45. The van der Waals surface area contributed by atoms with Crippen LogP contribution in [0.5, 0.6) is 0 Å². The highest BCUT2D eigenvalue weighted by atomic mass is 14.7. The molecule has 0 amide bonds. The lowest BCUT2D eigenvalue weighted by molar-refractivity contribution is 0.859. The maximum Gasteiger partial charge on any atom is 0.0722 e. The van der Waals surface area contributed by atoms with Gasteiger partial charge in [0.05, 0.1) is 5.71 Å². The quantitative estimate of drug-likeness (QED) is 0.746. The van der Waals surface area contributed by atoms with E-state index in [0.717, 1.165) is 13.0 Å². The summed E-state index contributed by atoms with van der Waals surface area (Å²) in [4.78, 5) is 4.84. The summed E-state index contributed by atoms with van der Waals surface area (Å²) in [5.74, 6) is 0.553. The second kappa shape index (κ2) is 5.48. The van der Waals surface area contributed by atoms with Crippen LogP contribution in [0.1, 0.15) is 53.1 Å². The second-order valence-electron chi connectivity index (χ2n) is 6.43. The van der Waals surface area contributed by atoms with Gasteiger partial charge in [0.25, 0.3) is 0 Å². The zero-order valence-electron chi connectivity index (χ0n) is 13.4. The van der Waals surface area contributed by atoms with Gasteiger partial charge in [-0.2, -0.15) is 0 Å². The zero-order valence-corrected chi connectivity index (χ0v) is 13.4. The van der Waals surface area contributed by atoms with Gasteiger partial charge in [0, 0.05) is 17.7 Å². The number of hydrogen-bond acceptors (Lipinski definition) is 1. The van der Waals surface area contributed by atoms with Crippen molar-refractivity contribution < 1.29 is 0 Å². The minimum absolute atomic E-state index is 0.553. The van der Waals surface area contributed by atoms with Crippen molar-refractivity contribution in [3.8, 4) is 0 Å². The summed E-state index contributed by atoms with van der Waals surface area (Å²) in [6, 6.07) is 13.6. The molecule has 1 aliphatic rings. The zero-order chi connectivity index (χ0) is 15.0. The van der Waals surface area contributed by atoms with Crippen molar-refractivity contribution in [2.45, 2.75) is 40.0 Å². The summed E-state index contributed by atoms with van der Waals surface area (Å²) in [5.41, 5.74) is 9.20. The molecule has 0 bridgehead atoms. The van der Waals surface area contributed by atoms with Crippen LogP contribution in [0, 0.1) is 13.8 Å². The van der Waals surface area contributed by atoms with Crippen molar-refractivity contribution in [1.82, 2.24) is 0 Å². The molecular weight excluding hydrogens is 254 g/mol. The Morgan fingerprint density at radius 2 is 1.67 bits per heavy atom. The van der Waals surface area contributed by atoms with Gasteiger partial charge in [-0.1, -0.05) is 43.2 Å². The van der Waals surface area contributed by atoms with Gasteiger partial charge in [0.2, 0.25) is 0 Å². The standard InChI is InChI=1S/C20H23N/c1-13(2)17-6-5-16-7-8-21-20(19(16)12-17)18-10-14(3)9-15(4)11-18/h5-6,9-13H,7-8H2,1-4H3. The molecule has 2 aromatic rings. The fourth-order valence-corrected chi connectivity index (χ4v) is 3.12. The Bertz CT molecular complexity index is 688. The van der Waals surface area contributed by atoms with Crippen LogP contribution in [0.25, 0.3) is 0 Å². The Hall–Kier alpha value is -1.89. The van der Waals surface area contributed by atoms with E-state index >= 15 is 0 Å². The number of benzene rings is 2. The molecule has 108 valence electrons. The molecule has 1 aliphatic heterocycles. The molecule has 0 N–H and O–H groups in total. The van der Waals surface area contributed by atoms with Gasteiger partial charge in [-0.25, -0.2) is 0 Å². The number of hydrogen-bond donors (Lipinski definition) is 0. The molecule has 0 radical (unpaired) electrons. The molecule has 1 nitrogen and oxygen atoms in total. The highest BCUT2D eigenvalue weighted by molar-refractivity contribution is 6.14. The number of rotatable bonds is 2. The van der Waals surface area contributed by atoms with Gasteiger partial charge < -0.3 is 0 Å². The van der Waals surface area contributed by atoms with Gasteiger partial charge in [-0.15, -0.1) is 0 Å². The first-order valence-electron chi connectivity index (χ1n) is 7.81. The lowest BCUT2D eigenvalue weighted by Gasteiger charge is -2.20. The first-order chi connectivity index (χ1) is 10.0. The predicted octanol–water partition coefficient (Wildman–Crippen LogP) is 4.82. The number of fused-ring (bicyclic) bond motifs is 1. The number of aliphatic imine (C=N–C) groups is 1. The normalized spacial score (nSPS) is 14.0. The van der Waals surface area contributed by atoms with Gasteiger partial charge in [-0.3, -0.25) is 4.99 Å². The topological polar surface area (TPSA) is 12.4 Å². The van der Waals surface area contributed by atoms with E-state index in [1.165, 1.54) is 39.1 Å². The molecule has 2 aromatic carbocycles. The lowest BCUT2D eigenvalue weighted by atomic mass is 9.88. The van der Waals surface area contributed by atoms with Crippen LogP contribution < -0.4 is 0 Å². The lowest BCUT2D eigenvalue weighted by Crippen LogP contribution is -2.15. The minimum Gasteiger partial charge on any atom is -0.284 e. The van der Waals surface area contributed by atoms with E-state index < -0.39 is 0 Å². The third-order valence-electron chi connectivity index (χ3n) is 4.20. The van der Waals surface area contributed by atoms with Crippen molar-refractivity contribution in [2.24, 2.45) is 4.99 Å². The Morgan fingerprint density at radius 1 is 0.952 bits per heavy atom. The summed E-state index contributed by atoms with van der Waals surface area (Å²) < 4.78 is 0. The van der Waals surface area contributed by atoms with Crippen LogP contribution in [-0.2, 0) is 6.42 Å².